The van der Waals surface area contributed by atoms with Crippen LogP contribution in [0.3, 0.4) is 0 Å². The highest BCUT2D eigenvalue weighted by atomic mass is 16.5. The minimum Gasteiger partial charge on any atom is -0.489 e. The van der Waals surface area contributed by atoms with Crippen molar-refractivity contribution in [3.05, 3.63) is 24.0 Å². The molecule has 0 radical (unpaired) electrons. The monoisotopic (exact) mass is 415 g/mol. The molecule has 0 saturated heterocycles. The summed E-state index contributed by atoms with van der Waals surface area (Å²) in [7, 11) is 0. The van der Waals surface area contributed by atoms with Crippen molar-refractivity contribution >= 4 is 0 Å². The molecule has 3 rings (SSSR count). The summed E-state index contributed by atoms with van der Waals surface area (Å²) in [6, 6.07) is 3.85. The van der Waals surface area contributed by atoms with Crippen molar-refractivity contribution < 1.29 is 18.9 Å². The van der Waals surface area contributed by atoms with Crippen molar-refractivity contribution in [1.82, 2.24) is 4.98 Å². The van der Waals surface area contributed by atoms with Crippen LogP contribution in [-0.4, -0.2) is 47.2 Å². The average Bonchev–Trinajstić information content (AvgIpc) is 2.56. The quantitative estimate of drug-likeness (QED) is 0.468. The molecule has 1 aromatic rings. The summed E-state index contributed by atoms with van der Waals surface area (Å²) in [5.41, 5.74) is 0.589. The normalized spacial score (nSPS) is 26.2. The first-order valence-electron chi connectivity index (χ1n) is 11.1. The fraction of sp³-hybridized carbons (Fsp3) is 0.720. The molecule has 1 heterocycles. The molecule has 2 fully saturated rings. The van der Waals surface area contributed by atoms with Crippen LogP contribution in [-0.2, 0) is 14.2 Å². The minimum atomic E-state index is -0.0937. The van der Waals surface area contributed by atoms with Crippen LogP contribution >= 0.6 is 0 Å². The standard InChI is InChI=1S/C25H37NO4/c1-24(2,3)29-22-13-20(14-22)27-12-8-7-9-18-10-11-19(17-26-18)28-21-15-23(16-21)30-25(4,5)6/h10-11,17,20-23H,8,12-16H2,1-6H3. The third kappa shape index (κ3) is 7.91. The van der Waals surface area contributed by atoms with E-state index >= 15 is 0 Å². The van der Waals surface area contributed by atoms with Crippen LogP contribution < -0.4 is 4.74 Å². The molecular formula is C25H37NO4. The van der Waals surface area contributed by atoms with Gasteiger partial charge >= 0.3 is 0 Å². The number of nitrogens with zero attached hydrogens (tertiary/aromatic N) is 1. The predicted octanol–water partition coefficient (Wildman–Crippen LogP) is 4.91. The summed E-state index contributed by atoms with van der Waals surface area (Å²) in [4.78, 5) is 4.39. The van der Waals surface area contributed by atoms with Crippen LogP contribution in [0.15, 0.2) is 18.3 Å². The second-order valence-electron chi connectivity index (χ2n) is 10.3. The lowest BCUT2D eigenvalue weighted by atomic mass is 9.91. The highest BCUT2D eigenvalue weighted by Crippen LogP contribution is 2.31. The smallest absolute Gasteiger partial charge is 0.138 e. The number of hydrogen-bond acceptors (Lipinski definition) is 5. The van der Waals surface area contributed by atoms with Gasteiger partial charge in [-0.1, -0.05) is 5.92 Å². The van der Waals surface area contributed by atoms with E-state index in [1.54, 1.807) is 6.20 Å². The van der Waals surface area contributed by atoms with E-state index in [2.05, 4.69) is 58.4 Å². The second-order valence-corrected chi connectivity index (χ2v) is 10.3. The topological polar surface area (TPSA) is 49.8 Å². The van der Waals surface area contributed by atoms with E-state index in [0.717, 1.165) is 37.1 Å². The molecule has 5 nitrogen and oxygen atoms in total. The van der Waals surface area contributed by atoms with E-state index in [4.69, 9.17) is 18.9 Å². The van der Waals surface area contributed by atoms with Crippen molar-refractivity contribution in [2.75, 3.05) is 6.61 Å². The molecule has 2 aliphatic rings. The van der Waals surface area contributed by atoms with E-state index in [1.165, 1.54) is 0 Å². The lowest BCUT2D eigenvalue weighted by Gasteiger charge is -2.39. The van der Waals surface area contributed by atoms with Gasteiger partial charge in [-0.25, -0.2) is 4.98 Å². The molecule has 0 unspecified atom stereocenters. The van der Waals surface area contributed by atoms with E-state index in [0.29, 0.717) is 31.3 Å². The van der Waals surface area contributed by atoms with Crippen LogP contribution in [0.5, 0.6) is 5.75 Å². The molecule has 0 amide bonds. The van der Waals surface area contributed by atoms with Gasteiger partial charge in [0.1, 0.15) is 17.5 Å². The third-order valence-electron chi connectivity index (χ3n) is 4.98. The summed E-state index contributed by atoms with van der Waals surface area (Å²) < 4.78 is 23.7. The zero-order valence-corrected chi connectivity index (χ0v) is 19.4. The Kier molecular flexibility index (Phi) is 7.44. The first-order valence-corrected chi connectivity index (χ1v) is 11.1. The summed E-state index contributed by atoms with van der Waals surface area (Å²) in [5, 5.41) is 0. The maximum absolute atomic E-state index is 5.96. The molecule has 0 spiro atoms. The number of pyridine rings is 1. The Morgan fingerprint density at radius 2 is 1.47 bits per heavy atom. The van der Waals surface area contributed by atoms with Crippen molar-refractivity contribution in [3.8, 4) is 17.6 Å². The second kappa shape index (κ2) is 9.68. The van der Waals surface area contributed by atoms with Crippen molar-refractivity contribution in [2.24, 2.45) is 0 Å². The maximum Gasteiger partial charge on any atom is 0.138 e. The molecule has 5 heteroatoms. The Bertz CT molecular complexity index is 724. The van der Waals surface area contributed by atoms with Gasteiger partial charge in [-0.3, -0.25) is 0 Å². The van der Waals surface area contributed by atoms with Gasteiger partial charge < -0.3 is 18.9 Å². The van der Waals surface area contributed by atoms with Crippen LogP contribution in [0.2, 0.25) is 0 Å². The molecule has 2 saturated carbocycles. The highest BCUT2D eigenvalue weighted by Gasteiger charge is 2.35. The number of ether oxygens (including phenoxy) is 4. The fourth-order valence-corrected chi connectivity index (χ4v) is 3.61. The summed E-state index contributed by atoms with van der Waals surface area (Å²) >= 11 is 0. The molecule has 0 atom stereocenters. The Morgan fingerprint density at radius 3 is 2.00 bits per heavy atom. The molecule has 0 aromatic carbocycles. The number of aromatic nitrogens is 1. The van der Waals surface area contributed by atoms with Crippen molar-refractivity contribution in [3.63, 3.8) is 0 Å². The maximum atomic E-state index is 5.96. The first kappa shape index (κ1) is 23.1. The predicted molar refractivity (Wildman–Crippen MR) is 118 cm³/mol. The zero-order chi connectivity index (χ0) is 21.8. The van der Waals surface area contributed by atoms with Crippen LogP contribution in [0.25, 0.3) is 0 Å². The Morgan fingerprint density at radius 1 is 0.867 bits per heavy atom. The van der Waals surface area contributed by atoms with Gasteiger partial charge in [-0.05, 0) is 72.4 Å². The SMILES string of the molecule is CC(C)(C)OC1CC(OCCC#Cc2ccc(OC3CC(OC(C)(C)C)C3)cn2)C1. The van der Waals surface area contributed by atoms with Crippen molar-refractivity contribution in [1.29, 1.82) is 0 Å². The Hall–Kier alpha value is -1.61. The van der Waals surface area contributed by atoms with Crippen LogP contribution in [0, 0.1) is 11.8 Å². The molecule has 0 N–H and O–H groups in total. The van der Waals surface area contributed by atoms with E-state index in [1.807, 2.05) is 12.1 Å². The summed E-state index contributed by atoms with van der Waals surface area (Å²) in [6.45, 7) is 13.2. The summed E-state index contributed by atoms with van der Waals surface area (Å²) in [5.74, 6) is 7.02. The average molecular weight is 416 g/mol. The molecule has 2 aliphatic carbocycles. The van der Waals surface area contributed by atoms with Crippen LogP contribution in [0.1, 0.15) is 79.3 Å². The number of rotatable bonds is 7. The molecule has 0 bridgehead atoms. The van der Waals surface area contributed by atoms with E-state index in [9.17, 15) is 0 Å². The number of hydrogen-bond donors (Lipinski definition) is 0. The molecule has 166 valence electrons. The largest absolute Gasteiger partial charge is 0.489 e. The Balaban J connectivity index is 1.28. The molecule has 1 aromatic heterocycles. The van der Waals surface area contributed by atoms with Gasteiger partial charge in [0.15, 0.2) is 0 Å². The van der Waals surface area contributed by atoms with Crippen LogP contribution in [0.4, 0.5) is 0 Å². The zero-order valence-electron chi connectivity index (χ0n) is 19.4. The van der Waals surface area contributed by atoms with Gasteiger partial charge in [-0.15, -0.1) is 0 Å². The van der Waals surface area contributed by atoms with Gasteiger partial charge in [0.25, 0.3) is 0 Å². The third-order valence-corrected chi connectivity index (χ3v) is 4.98. The molecule has 30 heavy (non-hydrogen) atoms. The van der Waals surface area contributed by atoms with Gasteiger partial charge in [-0.2, -0.15) is 0 Å². The first-order chi connectivity index (χ1) is 14.1. The van der Waals surface area contributed by atoms with Gasteiger partial charge in [0.2, 0.25) is 0 Å². The van der Waals surface area contributed by atoms with Gasteiger partial charge in [0, 0.05) is 19.3 Å². The minimum absolute atomic E-state index is 0.0737. The van der Waals surface area contributed by atoms with E-state index < -0.39 is 0 Å². The summed E-state index contributed by atoms with van der Waals surface area (Å²) in [6.07, 6.45) is 7.46. The van der Waals surface area contributed by atoms with E-state index in [-0.39, 0.29) is 17.3 Å². The highest BCUT2D eigenvalue weighted by molar-refractivity contribution is 5.31. The molecule has 0 aliphatic heterocycles. The lowest BCUT2D eigenvalue weighted by molar-refractivity contribution is -0.147. The lowest BCUT2D eigenvalue weighted by Crippen LogP contribution is -2.43. The van der Waals surface area contributed by atoms with Gasteiger partial charge in [0.05, 0.1) is 42.3 Å². The Labute approximate surface area is 181 Å². The molecular weight excluding hydrogens is 378 g/mol. The fourth-order valence-electron chi connectivity index (χ4n) is 3.61. The van der Waals surface area contributed by atoms with Crippen molar-refractivity contribution in [2.45, 2.75) is 109 Å².